The lowest BCUT2D eigenvalue weighted by molar-refractivity contribution is 0.0535. The molecule has 0 N–H and O–H groups in total. The van der Waals surface area contributed by atoms with Crippen LogP contribution in [0.1, 0.15) is 21.5 Å². The van der Waals surface area contributed by atoms with Gasteiger partial charge in [0.25, 0.3) is 0 Å². The minimum Gasteiger partial charge on any atom is -0.457 e. The zero-order chi connectivity index (χ0) is 14.1. The largest absolute Gasteiger partial charge is 0.457 e. The molecule has 20 heavy (non-hydrogen) atoms. The van der Waals surface area contributed by atoms with Crippen LogP contribution >= 0.6 is 15.9 Å². The van der Waals surface area contributed by atoms with Crippen molar-refractivity contribution in [3.05, 3.63) is 57.6 Å². The molecule has 0 amide bonds. The minimum absolute atomic E-state index is 0.248. The maximum atomic E-state index is 11.9. The summed E-state index contributed by atoms with van der Waals surface area (Å²) in [6.45, 7) is 0.861. The van der Waals surface area contributed by atoms with Crippen molar-refractivity contribution < 1.29 is 14.3 Å². The molecule has 1 aliphatic rings. The summed E-state index contributed by atoms with van der Waals surface area (Å²) in [6, 6.07) is 11.9. The number of rotatable bonds is 3. The van der Waals surface area contributed by atoms with Gasteiger partial charge in [-0.3, -0.25) is 0 Å². The standard InChI is InChI=1S/C16H13BrO3/c1-19-8-10-6-12-9-20-16(18)15(12)14(7-10)11-2-4-13(17)5-3-11/h2-7H,8-9H2,1H3. The van der Waals surface area contributed by atoms with Gasteiger partial charge >= 0.3 is 5.97 Å². The zero-order valence-electron chi connectivity index (χ0n) is 11.0. The Morgan fingerprint density at radius 2 is 2.00 bits per heavy atom. The summed E-state index contributed by atoms with van der Waals surface area (Å²) < 4.78 is 11.4. The highest BCUT2D eigenvalue weighted by Crippen LogP contribution is 2.33. The maximum Gasteiger partial charge on any atom is 0.339 e. The topological polar surface area (TPSA) is 35.5 Å². The lowest BCUT2D eigenvalue weighted by atomic mass is 9.94. The number of benzene rings is 2. The molecular weight excluding hydrogens is 320 g/mol. The molecule has 1 heterocycles. The SMILES string of the molecule is COCc1cc2c(c(-c3ccc(Br)cc3)c1)C(=O)OC2. The van der Waals surface area contributed by atoms with Crippen LogP contribution in [0.3, 0.4) is 0 Å². The predicted molar refractivity (Wildman–Crippen MR) is 79.4 cm³/mol. The van der Waals surface area contributed by atoms with Crippen molar-refractivity contribution >= 4 is 21.9 Å². The van der Waals surface area contributed by atoms with Gasteiger partial charge in [0.15, 0.2) is 0 Å². The first kappa shape index (κ1) is 13.3. The molecule has 0 fully saturated rings. The van der Waals surface area contributed by atoms with Gasteiger partial charge in [0.05, 0.1) is 12.2 Å². The Morgan fingerprint density at radius 3 is 2.70 bits per heavy atom. The van der Waals surface area contributed by atoms with E-state index < -0.39 is 0 Å². The Kier molecular flexibility index (Phi) is 3.59. The number of esters is 1. The third kappa shape index (κ3) is 2.37. The summed E-state index contributed by atoms with van der Waals surface area (Å²) in [4.78, 5) is 11.9. The van der Waals surface area contributed by atoms with E-state index in [0.717, 1.165) is 26.7 Å². The molecule has 0 saturated heterocycles. The summed E-state index contributed by atoms with van der Waals surface area (Å²) in [5.41, 5.74) is 4.56. The average Bonchev–Trinajstić information content (AvgIpc) is 2.81. The van der Waals surface area contributed by atoms with Crippen LogP contribution in [-0.2, 0) is 22.7 Å². The number of hydrogen-bond acceptors (Lipinski definition) is 3. The van der Waals surface area contributed by atoms with E-state index in [1.807, 2.05) is 36.4 Å². The molecule has 2 aromatic carbocycles. The van der Waals surface area contributed by atoms with Crippen molar-refractivity contribution in [1.29, 1.82) is 0 Å². The van der Waals surface area contributed by atoms with Crippen LogP contribution < -0.4 is 0 Å². The predicted octanol–water partition coefficient (Wildman–Crippen LogP) is 3.93. The highest BCUT2D eigenvalue weighted by molar-refractivity contribution is 9.10. The molecule has 0 aliphatic carbocycles. The van der Waals surface area contributed by atoms with Crippen LogP contribution in [0.2, 0.25) is 0 Å². The van der Waals surface area contributed by atoms with Crippen molar-refractivity contribution in [2.45, 2.75) is 13.2 Å². The quantitative estimate of drug-likeness (QED) is 0.799. The van der Waals surface area contributed by atoms with Crippen molar-refractivity contribution in [3.63, 3.8) is 0 Å². The van der Waals surface area contributed by atoms with Gasteiger partial charge in [-0.05, 0) is 41.0 Å². The van der Waals surface area contributed by atoms with E-state index in [1.165, 1.54) is 0 Å². The monoisotopic (exact) mass is 332 g/mol. The van der Waals surface area contributed by atoms with Gasteiger partial charge in [0.1, 0.15) is 6.61 Å². The smallest absolute Gasteiger partial charge is 0.339 e. The average molecular weight is 333 g/mol. The Labute approximate surface area is 125 Å². The minimum atomic E-state index is -0.248. The molecule has 1 aliphatic heterocycles. The van der Waals surface area contributed by atoms with E-state index >= 15 is 0 Å². The van der Waals surface area contributed by atoms with Gasteiger partial charge in [-0.1, -0.05) is 28.1 Å². The van der Waals surface area contributed by atoms with Gasteiger partial charge in [-0.2, -0.15) is 0 Å². The number of methoxy groups -OCH3 is 1. The van der Waals surface area contributed by atoms with Crippen LogP contribution in [0.4, 0.5) is 0 Å². The summed E-state index contributed by atoms with van der Waals surface area (Å²) in [5, 5.41) is 0. The molecule has 0 bridgehead atoms. The maximum absolute atomic E-state index is 11.9. The van der Waals surface area contributed by atoms with Gasteiger partial charge in [-0.15, -0.1) is 0 Å². The Hall–Kier alpha value is -1.65. The van der Waals surface area contributed by atoms with E-state index in [9.17, 15) is 4.79 Å². The van der Waals surface area contributed by atoms with Crippen molar-refractivity contribution in [1.82, 2.24) is 0 Å². The fourth-order valence-corrected chi connectivity index (χ4v) is 2.71. The number of fused-ring (bicyclic) bond motifs is 1. The molecule has 3 rings (SSSR count). The molecule has 0 unspecified atom stereocenters. The summed E-state index contributed by atoms with van der Waals surface area (Å²) >= 11 is 3.42. The third-order valence-corrected chi connectivity index (χ3v) is 3.84. The summed E-state index contributed by atoms with van der Waals surface area (Å²) in [6.07, 6.45) is 0. The Bertz CT molecular complexity index is 662. The van der Waals surface area contributed by atoms with E-state index in [2.05, 4.69) is 15.9 Å². The van der Waals surface area contributed by atoms with Gasteiger partial charge in [0, 0.05) is 17.1 Å². The second-order valence-electron chi connectivity index (χ2n) is 4.69. The molecule has 0 spiro atoms. The van der Waals surface area contributed by atoms with Crippen LogP contribution in [0.15, 0.2) is 40.9 Å². The fourth-order valence-electron chi connectivity index (χ4n) is 2.45. The fraction of sp³-hybridized carbons (Fsp3) is 0.188. The lowest BCUT2D eigenvalue weighted by Gasteiger charge is -2.10. The number of halogens is 1. The zero-order valence-corrected chi connectivity index (χ0v) is 12.6. The summed E-state index contributed by atoms with van der Waals surface area (Å²) in [5.74, 6) is -0.248. The molecule has 0 saturated carbocycles. The highest BCUT2D eigenvalue weighted by Gasteiger charge is 2.26. The van der Waals surface area contributed by atoms with Crippen LogP contribution in [0.5, 0.6) is 0 Å². The Morgan fingerprint density at radius 1 is 1.25 bits per heavy atom. The molecule has 2 aromatic rings. The Balaban J connectivity index is 2.17. The second-order valence-corrected chi connectivity index (χ2v) is 5.61. The summed E-state index contributed by atoms with van der Waals surface area (Å²) in [7, 11) is 1.66. The molecule has 0 radical (unpaired) electrons. The van der Waals surface area contributed by atoms with E-state index in [4.69, 9.17) is 9.47 Å². The van der Waals surface area contributed by atoms with E-state index in [0.29, 0.717) is 18.8 Å². The van der Waals surface area contributed by atoms with Crippen molar-refractivity contribution in [3.8, 4) is 11.1 Å². The van der Waals surface area contributed by atoms with Crippen molar-refractivity contribution in [2.75, 3.05) is 7.11 Å². The second kappa shape index (κ2) is 5.38. The molecule has 0 aromatic heterocycles. The van der Waals surface area contributed by atoms with Gasteiger partial charge < -0.3 is 9.47 Å². The third-order valence-electron chi connectivity index (χ3n) is 3.31. The molecule has 0 atom stereocenters. The number of carbonyl (C=O) groups is 1. The first-order valence-corrected chi connectivity index (χ1v) is 7.06. The molecule has 102 valence electrons. The van der Waals surface area contributed by atoms with Gasteiger partial charge in [0.2, 0.25) is 0 Å². The highest BCUT2D eigenvalue weighted by atomic mass is 79.9. The molecule has 4 heteroatoms. The van der Waals surface area contributed by atoms with E-state index in [1.54, 1.807) is 7.11 Å². The van der Waals surface area contributed by atoms with Crippen LogP contribution in [0.25, 0.3) is 11.1 Å². The molecular formula is C16H13BrO3. The number of ether oxygens (including phenoxy) is 2. The van der Waals surface area contributed by atoms with Crippen molar-refractivity contribution in [2.24, 2.45) is 0 Å². The number of hydrogen-bond donors (Lipinski definition) is 0. The lowest BCUT2D eigenvalue weighted by Crippen LogP contribution is -1.99. The molecule has 3 nitrogen and oxygen atoms in total. The normalized spacial score (nSPS) is 13.2. The first-order valence-electron chi connectivity index (χ1n) is 6.27. The first-order chi connectivity index (χ1) is 9.69. The number of carbonyl (C=O) groups excluding carboxylic acids is 1. The van der Waals surface area contributed by atoms with E-state index in [-0.39, 0.29) is 5.97 Å². The van der Waals surface area contributed by atoms with Crippen LogP contribution in [0, 0.1) is 0 Å². The van der Waals surface area contributed by atoms with Crippen LogP contribution in [-0.4, -0.2) is 13.1 Å². The van der Waals surface area contributed by atoms with Gasteiger partial charge in [-0.25, -0.2) is 4.79 Å². The number of cyclic esters (lactones) is 1.